The summed E-state index contributed by atoms with van der Waals surface area (Å²) in [5, 5.41) is 4.49. The molecule has 0 saturated heterocycles. The van der Waals surface area contributed by atoms with Gasteiger partial charge in [-0.3, -0.25) is 0 Å². The van der Waals surface area contributed by atoms with Gasteiger partial charge in [0.05, 0.1) is 5.69 Å². The Hall–Kier alpha value is -6.91. The molecular formula is C50H34N2O2. The van der Waals surface area contributed by atoms with Crippen LogP contribution in [0.5, 0.6) is 0 Å². The van der Waals surface area contributed by atoms with Gasteiger partial charge in [-0.25, -0.2) is 4.98 Å². The van der Waals surface area contributed by atoms with E-state index in [1.165, 1.54) is 38.6 Å². The molecule has 0 N–H and O–H groups in total. The van der Waals surface area contributed by atoms with E-state index in [-0.39, 0.29) is 5.41 Å². The number of hydrogen-bond donors (Lipinski definition) is 0. The maximum absolute atomic E-state index is 6.65. The second-order valence-corrected chi connectivity index (χ2v) is 14.8. The van der Waals surface area contributed by atoms with Crippen molar-refractivity contribution in [3.05, 3.63) is 181 Å². The Bertz CT molecular complexity index is 3090. The summed E-state index contributed by atoms with van der Waals surface area (Å²) in [6.07, 6.45) is 0. The lowest BCUT2D eigenvalue weighted by atomic mass is 9.82. The van der Waals surface area contributed by atoms with Crippen molar-refractivity contribution < 1.29 is 8.83 Å². The first kappa shape index (κ1) is 30.7. The molecule has 54 heavy (non-hydrogen) atoms. The molecule has 4 nitrogen and oxygen atoms in total. The monoisotopic (exact) mass is 694 g/mol. The molecule has 0 atom stereocenters. The summed E-state index contributed by atoms with van der Waals surface area (Å²) in [6.45, 7) is 4.67. The van der Waals surface area contributed by atoms with Crippen molar-refractivity contribution in [1.82, 2.24) is 4.98 Å². The van der Waals surface area contributed by atoms with Gasteiger partial charge in [-0.05, 0) is 87.1 Å². The van der Waals surface area contributed by atoms with Gasteiger partial charge in [0.1, 0.15) is 16.7 Å². The fourth-order valence-electron chi connectivity index (χ4n) is 8.67. The molecule has 11 rings (SSSR count). The minimum Gasteiger partial charge on any atom is -0.456 e. The maximum Gasteiger partial charge on any atom is 0.227 e. The van der Waals surface area contributed by atoms with Crippen LogP contribution in [-0.4, -0.2) is 4.98 Å². The molecule has 0 spiro atoms. The van der Waals surface area contributed by atoms with Crippen LogP contribution in [0.1, 0.15) is 25.0 Å². The Kier molecular flexibility index (Phi) is 6.56. The Morgan fingerprint density at radius 1 is 0.481 bits per heavy atom. The first-order valence-corrected chi connectivity index (χ1v) is 18.5. The number of anilines is 3. The number of furan rings is 1. The molecule has 0 aliphatic heterocycles. The van der Waals surface area contributed by atoms with E-state index in [2.05, 4.69) is 152 Å². The minimum absolute atomic E-state index is 0.133. The van der Waals surface area contributed by atoms with Gasteiger partial charge in [-0.1, -0.05) is 123 Å². The summed E-state index contributed by atoms with van der Waals surface area (Å²) < 4.78 is 12.9. The first-order valence-electron chi connectivity index (χ1n) is 18.5. The SMILES string of the molecule is CC1(C)c2ccccc2-c2c(N(c3cccc(-c4cccc5ccccc45)c3)c3ccc4c(c3)oc3cc5nc(-c6ccccc6)oc5cc34)cccc21. The summed E-state index contributed by atoms with van der Waals surface area (Å²) >= 11 is 0. The molecular weight excluding hydrogens is 661 g/mol. The van der Waals surface area contributed by atoms with E-state index in [4.69, 9.17) is 13.8 Å². The fourth-order valence-corrected chi connectivity index (χ4v) is 8.67. The van der Waals surface area contributed by atoms with Gasteiger partial charge in [-0.15, -0.1) is 0 Å². The molecule has 1 aliphatic carbocycles. The van der Waals surface area contributed by atoms with Crippen LogP contribution in [0.4, 0.5) is 17.1 Å². The molecule has 0 unspecified atom stereocenters. The lowest BCUT2D eigenvalue weighted by molar-refractivity contribution is 0.620. The first-order chi connectivity index (χ1) is 26.5. The van der Waals surface area contributed by atoms with Crippen LogP contribution in [-0.2, 0) is 5.41 Å². The molecule has 0 bridgehead atoms. The Morgan fingerprint density at radius 2 is 1.19 bits per heavy atom. The Morgan fingerprint density at radius 3 is 2.11 bits per heavy atom. The van der Waals surface area contributed by atoms with Gasteiger partial charge in [0, 0.05) is 50.8 Å². The largest absolute Gasteiger partial charge is 0.456 e. The Labute approximate surface area is 312 Å². The molecule has 4 heteroatoms. The molecule has 256 valence electrons. The summed E-state index contributed by atoms with van der Waals surface area (Å²) in [5.74, 6) is 0.603. The van der Waals surface area contributed by atoms with E-state index in [0.29, 0.717) is 5.89 Å². The van der Waals surface area contributed by atoms with Crippen molar-refractivity contribution in [3.63, 3.8) is 0 Å². The lowest BCUT2D eigenvalue weighted by Crippen LogP contribution is -2.16. The number of nitrogens with zero attached hydrogens (tertiary/aromatic N) is 2. The zero-order chi connectivity index (χ0) is 36.0. The third-order valence-electron chi connectivity index (χ3n) is 11.3. The van der Waals surface area contributed by atoms with Gasteiger partial charge in [0.25, 0.3) is 0 Å². The van der Waals surface area contributed by atoms with Crippen LogP contribution in [0.3, 0.4) is 0 Å². The van der Waals surface area contributed by atoms with E-state index in [1.807, 2.05) is 36.4 Å². The topological polar surface area (TPSA) is 42.4 Å². The standard InChI is InChI=1S/C50H34N2O2/c1-50(2)41-22-9-8-20-39(41)48-42(50)23-12-24-44(48)52(34-18-10-17-33(27-34)37-21-11-16-31-13-6-7-19-36(31)37)35-25-26-38-40-29-47-43(30-46(40)53-45(38)28-35)51-49(54-47)32-14-4-3-5-15-32/h3-30H,1-2H3. The molecule has 0 fully saturated rings. The minimum atomic E-state index is -0.133. The van der Waals surface area contributed by atoms with Crippen molar-refractivity contribution in [3.8, 4) is 33.7 Å². The summed E-state index contributed by atoms with van der Waals surface area (Å²) in [4.78, 5) is 7.21. The number of rotatable bonds is 5. The van der Waals surface area contributed by atoms with Gasteiger partial charge >= 0.3 is 0 Å². The Balaban J connectivity index is 1.11. The lowest BCUT2D eigenvalue weighted by Gasteiger charge is -2.29. The van der Waals surface area contributed by atoms with Crippen LogP contribution in [0.15, 0.2) is 179 Å². The van der Waals surface area contributed by atoms with Gasteiger partial charge in [0.2, 0.25) is 5.89 Å². The van der Waals surface area contributed by atoms with Crippen LogP contribution < -0.4 is 4.90 Å². The number of oxazole rings is 1. The van der Waals surface area contributed by atoms with Crippen LogP contribution in [0.2, 0.25) is 0 Å². The number of fused-ring (bicyclic) bond motifs is 8. The highest BCUT2D eigenvalue weighted by molar-refractivity contribution is 6.10. The molecule has 8 aromatic carbocycles. The van der Waals surface area contributed by atoms with Crippen LogP contribution in [0, 0.1) is 0 Å². The van der Waals surface area contributed by atoms with E-state index < -0.39 is 0 Å². The average molecular weight is 695 g/mol. The normalized spacial score (nSPS) is 13.1. The summed E-state index contributed by atoms with van der Waals surface area (Å²) in [7, 11) is 0. The second-order valence-electron chi connectivity index (χ2n) is 14.8. The second kappa shape index (κ2) is 11.5. The quantitative estimate of drug-likeness (QED) is 0.180. The highest BCUT2D eigenvalue weighted by Gasteiger charge is 2.37. The summed E-state index contributed by atoms with van der Waals surface area (Å²) in [6, 6.07) is 60.3. The van der Waals surface area contributed by atoms with Gasteiger partial charge < -0.3 is 13.7 Å². The predicted octanol–water partition coefficient (Wildman–Crippen LogP) is 14.0. The van der Waals surface area contributed by atoms with Crippen molar-refractivity contribution in [2.75, 3.05) is 4.90 Å². The molecule has 2 heterocycles. The van der Waals surface area contributed by atoms with Crippen LogP contribution >= 0.6 is 0 Å². The van der Waals surface area contributed by atoms with Crippen molar-refractivity contribution in [2.45, 2.75) is 19.3 Å². The highest BCUT2D eigenvalue weighted by Crippen LogP contribution is 2.54. The molecule has 0 radical (unpaired) electrons. The average Bonchev–Trinajstić information content (AvgIpc) is 3.87. The van der Waals surface area contributed by atoms with Crippen LogP contribution in [0.25, 0.3) is 77.5 Å². The zero-order valence-electron chi connectivity index (χ0n) is 29.9. The van der Waals surface area contributed by atoms with E-state index in [1.54, 1.807) is 0 Å². The fraction of sp³-hybridized carbons (Fsp3) is 0.0600. The van der Waals surface area contributed by atoms with Crippen molar-refractivity contribution in [1.29, 1.82) is 0 Å². The number of benzene rings is 8. The van der Waals surface area contributed by atoms with Gasteiger partial charge in [-0.2, -0.15) is 0 Å². The zero-order valence-corrected chi connectivity index (χ0v) is 29.9. The number of hydrogen-bond acceptors (Lipinski definition) is 4. The molecule has 1 aliphatic rings. The van der Waals surface area contributed by atoms with E-state index in [9.17, 15) is 0 Å². The molecule has 0 amide bonds. The molecule has 2 aromatic heterocycles. The van der Waals surface area contributed by atoms with Gasteiger partial charge in [0.15, 0.2) is 5.58 Å². The highest BCUT2D eigenvalue weighted by atomic mass is 16.4. The van der Waals surface area contributed by atoms with E-state index >= 15 is 0 Å². The van der Waals surface area contributed by atoms with Crippen molar-refractivity contribution >= 4 is 60.9 Å². The number of aromatic nitrogens is 1. The third kappa shape index (κ3) is 4.60. The predicted molar refractivity (Wildman–Crippen MR) is 222 cm³/mol. The van der Waals surface area contributed by atoms with Crippen molar-refractivity contribution in [2.24, 2.45) is 0 Å². The van der Waals surface area contributed by atoms with E-state index in [0.717, 1.165) is 61.2 Å². The third-order valence-corrected chi connectivity index (χ3v) is 11.3. The molecule has 10 aromatic rings. The maximum atomic E-state index is 6.65. The molecule has 0 saturated carbocycles. The summed E-state index contributed by atoms with van der Waals surface area (Å²) in [5.41, 5.74) is 14.7. The smallest absolute Gasteiger partial charge is 0.227 e.